The molecule has 126 valence electrons. The highest BCUT2D eigenvalue weighted by Gasteiger charge is 2.25. The lowest BCUT2D eigenvalue weighted by Crippen LogP contribution is -2.22. The van der Waals surface area contributed by atoms with E-state index in [1.165, 1.54) is 0 Å². The van der Waals surface area contributed by atoms with Crippen LogP contribution in [0.2, 0.25) is 0 Å². The van der Waals surface area contributed by atoms with Gasteiger partial charge in [0.15, 0.2) is 5.96 Å². The van der Waals surface area contributed by atoms with Gasteiger partial charge in [-0.15, -0.1) is 0 Å². The summed E-state index contributed by atoms with van der Waals surface area (Å²) in [4.78, 5) is 3.87. The van der Waals surface area contributed by atoms with Crippen molar-refractivity contribution in [3.05, 3.63) is 0 Å². The van der Waals surface area contributed by atoms with Gasteiger partial charge in [0.05, 0.1) is 26.4 Å². The van der Waals surface area contributed by atoms with Crippen LogP contribution in [0, 0.1) is 0 Å². The first-order valence-electron chi connectivity index (χ1n) is 6.85. The molecule has 0 bridgehead atoms. The molecule has 5 N–H and O–H groups in total. The minimum atomic E-state index is -3.59. The second-order valence-corrected chi connectivity index (χ2v) is 6.23. The van der Waals surface area contributed by atoms with Crippen molar-refractivity contribution in [1.82, 2.24) is 0 Å². The van der Waals surface area contributed by atoms with Crippen LogP contribution in [0.25, 0.3) is 0 Å². The first kappa shape index (κ1) is 20.7. The SMILES string of the molecule is NC(N)=NCCCCCCOP(=O)(OCCO)OCCS. The highest BCUT2D eigenvalue weighted by atomic mass is 32.1. The standard InChI is InChI=1S/C11H26N3O5PS/c12-11(13)14-5-3-1-2-4-7-17-20(16,18-8-6-15)19-9-10-21/h15,21H,1-10H2,(H4,12,13,14). The molecule has 0 aromatic rings. The van der Waals surface area contributed by atoms with Gasteiger partial charge >= 0.3 is 7.82 Å². The van der Waals surface area contributed by atoms with Crippen LogP contribution < -0.4 is 11.5 Å². The normalized spacial score (nSPS) is 13.8. The monoisotopic (exact) mass is 343 g/mol. The molecule has 0 aliphatic carbocycles. The van der Waals surface area contributed by atoms with E-state index in [9.17, 15) is 4.57 Å². The van der Waals surface area contributed by atoms with Crippen LogP contribution in [0.5, 0.6) is 0 Å². The van der Waals surface area contributed by atoms with Gasteiger partial charge in [0.1, 0.15) is 0 Å². The molecule has 0 aliphatic heterocycles. The van der Waals surface area contributed by atoms with E-state index in [2.05, 4.69) is 17.6 Å². The largest absolute Gasteiger partial charge is 0.474 e. The molecular weight excluding hydrogens is 317 g/mol. The van der Waals surface area contributed by atoms with Crippen molar-refractivity contribution in [2.75, 3.05) is 38.7 Å². The minimum Gasteiger partial charge on any atom is -0.394 e. The van der Waals surface area contributed by atoms with E-state index in [4.69, 9.17) is 30.1 Å². The van der Waals surface area contributed by atoms with Crippen LogP contribution in [0.15, 0.2) is 4.99 Å². The van der Waals surface area contributed by atoms with Crippen molar-refractivity contribution in [3.8, 4) is 0 Å². The molecule has 1 unspecified atom stereocenters. The van der Waals surface area contributed by atoms with E-state index >= 15 is 0 Å². The number of hydrogen-bond acceptors (Lipinski definition) is 7. The van der Waals surface area contributed by atoms with Crippen molar-refractivity contribution in [1.29, 1.82) is 0 Å². The quantitative estimate of drug-likeness (QED) is 0.121. The third kappa shape index (κ3) is 13.1. The smallest absolute Gasteiger partial charge is 0.394 e. The number of rotatable bonds is 14. The van der Waals surface area contributed by atoms with Gasteiger partial charge in [-0.3, -0.25) is 18.6 Å². The summed E-state index contributed by atoms with van der Waals surface area (Å²) in [5, 5.41) is 8.69. The van der Waals surface area contributed by atoms with Gasteiger partial charge < -0.3 is 16.6 Å². The van der Waals surface area contributed by atoms with Crippen LogP contribution in [0.1, 0.15) is 25.7 Å². The lowest BCUT2D eigenvalue weighted by molar-refractivity contribution is 0.0985. The molecule has 0 radical (unpaired) electrons. The molecule has 0 fully saturated rings. The Hall–Kier alpha value is -0.310. The van der Waals surface area contributed by atoms with Gasteiger partial charge in [0, 0.05) is 12.3 Å². The third-order valence-electron chi connectivity index (χ3n) is 2.28. The van der Waals surface area contributed by atoms with Crippen LogP contribution >= 0.6 is 20.5 Å². The number of thiol groups is 1. The lowest BCUT2D eigenvalue weighted by Gasteiger charge is -2.17. The lowest BCUT2D eigenvalue weighted by atomic mass is 10.2. The number of aliphatic hydroxyl groups is 1. The van der Waals surface area contributed by atoms with Crippen LogP contribution in [0.3, 0.4) is 0 Å². The zero-order valence-electron chi connectivity index (χ0n) is 12.1. The van der Waals surface area contributed by atoms with E-state index in [0.29, 0.717) is 12.3 Å². The Labute approximate surface area is 131 Å². The first-order chi connectivity index (χ1) is 10.0. The predicted molar refractivity (Wildman–Crippen MR) is 85.5 cm³/mol. The Morgan fingerprint density at radius 2 is 1.67 bits per heavy atom. The van der Waals surface area contributed by atoms with Crippen LogP contribution in [-0.2, 0) is 18.1 Å². The molecule has 0 saturated carbocycles. The Morgan fingerprint density at radius 3 is 2.29 bits per heavy atom. The minimum absolute atomic E-state index is 0.0949. The molecular formula is C11H26N3O5PS. The highest BCUT2D eigenvalue weighted by Crippen LogP contribution is 2.49. The van der Waals surface area contributed by atoms with E-state index in [0.717, 1.165) is 25.7 Å². The number of hydrogen-bond donors (Lipinski definition) is 4. The Morgan fingerprint density at radius 1 is 1.05 bits per heavy atom. The Bertz CT molecular complexity index is 317. The molecule has 8 nitrogen and oxygen atoms in total. The van der Waals surface area contributed by atoms with E-state index in [1.807, 2.05) is 0 Å². The zero-order chi connectivity index (χ0) is 16.0. The summed E-state index contributed by atoms with van der Waals surface area (Å²) in [6.45, 7) is 0.680. The molecule has 1 atom stereocenters. The fourth-order valence-electron chi connectivity index (χ4n) is 1.37. The summed E-state index contributed by atoms with van der Waals surface area (Å²) in [6, 6.07) is 0. The molecule has 21 heavy (non-hydrogen) atoms. The van der Waals surface area contributed by atoms with Gasteiger partial charge in [0.25, 0.3) is 0 Å². The van der Waals surface area contributed by atoms with Gasteiger partial charge in [0.2, 0.25) is 0 Å². The summed E-state index contributed by atoms with van der Waals surface area (Å²) >= 11 is 3.96. The van der Waals surface area contributed by atoms with Crippen molar-refractivity contribution in [3.63, 3.8) is 0 Å². The number of aliphatic hydroxyl groups excluding tert-OH is 1. The molecule has 0 aliphatic rings. The molecule has 0 aromatic heterocycles. The third-order valence-corrected chi connectivity index (χ3v) is 3.96. The van der Waals surface area contributed by atoms with Gasteiger partial charge in [-0.25, -0.2) is 4.57 Å². The van der Waals surface area contributed by atoms with Crippen molar-refractivity contribution < 1.29 is 23.2 Å². The van der Waals surface area contributed by atoms with E-state index in [-0.39, 0.29) is 32.4 Å². The van der Waals surface area contributed by atoms with Crippen LogP contribution in [0.4, 0.5) is 0 Å². The second kappa shape index (κ2) is 13.4. The number of phosphoric ester groups is 1. The summed E-state index contributed by atoms with van der Waals surface area (Å²) in [5.41, 5.74) is 10.4. The molecule has 0 heterocycles. The Kier molecular flexibility index (Phi) is 13.2. The number of phosphoric acid groups is 1. The first-order valence-corrected chi connectivity index (χ1v) is 8.94. The topological polar surface area (TPSA) is 129 Å². The zero-order valence-corrected chi connectivity index (χ0v) is 13.9. The molecule has 0 aromatic carbocycles. The van der Waals surface area contributed by atoms with Gasteiger partial charge in [-0.05, 0) is 12.8 Å². The van der Waals surface area contributed by atoms with Gasteiger partial charge in [-0.2, -0.15) is 12.6 Å². The van der Waals surface area contributed by atoms with Crippen molar-refractivity contribution >= 4 is 26.4 Å². The fraction of sp³-hybridized carbons (Fsp3) is 0.909. The van der Waals surface area contributed by atoms with Gasteiger partial charge in [-0.1, -0.05) is 12.8 Å². The van der Waals surface area contributed by atoms with Crippen molar-refractivity contribution in [2.24, 2.45) is 16.5 Å². The molecule has 0 saturated heterocycles. The number of nitrogens with two attached hydrogens (primary N) is 2. The molecule has 0 amide bonds. The maximum absolute atomic E-state index is 12.1. The van der Waals surface area contributed by atoms with Crippen molar-refractivity contribution in [2.45, 2.75) is 25.7 Å². The Balaban J connectivity index is 3.77. The molecule has 0 rings (SSSR count). The maximum atomic E-state index is 12.1. The predicted octanol–water partition coefficient (Wildman–Crippen LogP) is 0.900. The van der Waals surface area contributed by atoms with Crippen LogP contribution in [-0.4, -0.2) is 49.8 Å². The highest BCUT2D eigenvalue weighted by molar-refractivity contribution is 7.80. The number of guanidine groups is 1. The average molecular weight is 343 g/mol. The summed E-state index contributed by atoms with van der Waals surface area (Å²) in [5.74, 6) is 0.502. The number of unbranched alkanes of at least 4 members (excludes halogenated alkanes) is 3. The number of nitrogens with zero attached hydrogens (tertiary/aromatic N) is 1. The summed E-state index contributed by atoms with van der Waals surface area (Å²) < 4.78 is 27.2. The second-order valence-electron chi connectivity index (χ2n) is 4.11. The molecule has 10 heteroatoms. The fourth-order valence-corrected chi connectivity index (χ4v) is 2.80. The molecule has 0 spiro atoms. The average Bonchev–Trinajstić information content (AvgIpc) is 2.45. The maximum Gasteiger partial charge on any atom is 0.474 e. The summed E-state index contributed by atoms with van der Waals surface area (Å²) in [7, 11) is -3.59. The number of aliphatic imine (C=N–C) groups is 1. The van der Waals surface area contributed by atoms with E-state index < -0.39 is 7.82 Å². The van der Waals surface area contributed by atoms with E-state index in [1.54, 1.807) is 0 Å². The summed E-state index contributed by atoms with van der Waals surface area (Å²) in [6.07, 6.45) is 3.44.